The number of nitrogens with zero attached hydrogens (tertiary/aromatic N) is 1. The molecule has 4 saturated carbocycles. The molecule has 0 unspecified atom stereocenters. The van der Waals surface area contributed by atoms with E-state index in [4.69, 9.17) is 21.6 Å². The van der Waals surface area contributed by atoms with Gasteiger partial charge in [-0.1, -0.05) is 48.2 Å². The number of hydrogen-bond acceptors (Lipinski definition) is 5. The molecule has 2 heterocycles. The zero-order valence-corrected chi connectivity index (χ0v) is 20.7. The minimum absolute atomic E-state index is 0.120. The molecule has 4 bridgehead atoms. The molecule has 0 radical (unpaired) electrons. The van der Waals surface area contributed by atoms with E-state index >= 15 is 0 Å². The van der Waals surface area contributed by atoms with Crippen LogP contribution in [0.1, 0.15) is 55.5 Å². The van der Waals surface area contributed by atoms with Gasteiger partial charge in [0, 0.05) is 6.92 Å². The van der Waals surface area contributed by atoms with E-state index in [1.54, 1.807) is 0 Å². The zero-order valence-electron chi connectivity index (χ0n) is 19.1. The van der Waals surface area contributed by atoms with Crippen LogP contribution >= 0.6 is 24.0 Å². The van der Waals surface area contributed by atoms with Crippen molar-refractivity contribution < 1.29 is 9.21 Å². The lowest BCUT2D eigenvalue weighted by Gasteiger charge is -2.57. The maximum absolute atomic E-state index is 12.0. The van der Waals surface area contributed by atoms with Crippen molar-refractivity contribution in [2.45, 2.75) is 50.9 Å². The second kappa shape index (κ2) is 7.53. The molecule has 8 rings (SSSR count). The van der Waals surface area contributed by atoms with E-state index in [2.05, 4.69) is 41.7 Å². The van der Waals surface area contributed by atoms with Gasteiger partial charge in [-0.05, 0) is 102 Å². The highest BCUT2D eigenvalue weighted by molar-refractivity contribution is 8.26. The molecule has 6 heteroatoms. The Morgan fingerprint density at radius 3 is 2.35 bits per heavy atom. The molecule has 172 valence electrons. The van der Waals surface area contributed by atoms with E-state index in [-0.39, 0.29) is 11.3 Å². The topological polar surface area (TPSA) is 55.1 Å². The number of aryl methyl sites for hydroxylation is 1. The van der Waals surface area contributed by atoms with Gasteiger partial charge in [0.1, 0.15) is 9.84 Å². The fraction of sp³-hybridized carbons (Fsp3) is 0.393. The van der Waals surface area contributed by atoms with Gasteiger partial charge in [0.25, 0.3) is 5.91 Å². The SMILES string of the molecule is Cc1nc2c(C34CC5CC(CC(C5)C3)C4)cc(-c3ccc(/C=C4/SC(=S)NC4=O)cc3)cc2o1. The molecule has 0 atom stereocenters. The molecule has 5 fully saturated rings. The van der Waals surface area contributed by atoms with Gasteiger partial charge in [0.05, 0.1) is 4.91 Å². The van der Waals surface area contributed by atoms with E-state index in [1.165, 1.54) is 61.4 Å². The first-order valence-corrected chi connectivity index (χ1v) is 13.4. The predicted molar refractivity (Wildman–Crippen MR) is 140 cm³/mol. The highest BCUT2D eigenvalue weighted by Gasteiger charge is 2.52. The molecule has 1 amide bonds. The summed E-state index contributed by atoms with van der Waals surface area (Å²) in [5, 5.41) is 2.67. The van der Waals surface area contributed by atoms with Crippen LogP contribution in [0, 0.1) is 24.7 Å². The van der Waals surface area contributed by atoms with Gasteiger partial charge in [-0.2, -0.15) is 0 Å². The van der Waals surface area contributed by atoms with Gasteiger partial charge < -0.3 is 9.73 Å². The lowest BCUT2D eigenvalue weighted by Crippen LogP contribution is -2.48. The van der Waals surface area contributed by atoms with Gasteiger partial charge in [0.15, 0.2) is 11.5 Å². The van der Waals surface area contributed by atoms with Gasteiger partial charge >= 0.3 is 0 Å². The number of benzene rings is 2. The Morgan fingerprint density at radius 2 is 1.74 bits per heavy atom. The number of carbonyl (C=O) groups is 1. The normalized spacial score (nSPS) is 31.1. The van der Waals surface area contributed by atoms with Crippen LogP contribution in [-0.4, -0.2) is 15.2 Å². The summed E-state index contributed by atoms with van der Waals surface area (Å²) < 4.78 is 6.60. The van der Waals surface area contributed by atoms with E-state index in [9.17, 15) is 4.79 Å². The minimum Gasteiger partial charge on any atom is -0.441 e. The van der Waals surface area contributed by atoms with Crippen molar-refractivity contribution in [1.29, 1.82) is 0 Å². The Bertz CT molecular complexity index is 1350. The first kappa shape index (κ1) is 20.9. The number of nitrogens with one attached hydrogen (secondary N) is 1. The molecule has 0 spiro atoms. The summed E-state index contributed by atoms with van der Waals surface area (Å²) in [6, 6.07) is 13.0. The van der Waals surface area contributed by atoms with Crippen molar-refractivity contribution in [3.8, 4) is 11.1 Å². The number of hydrogen-bond donors (Lipinski definition) is 1. The fourth-order valence-electron chi connectivity index (χ4n) is 7.50. The number of amides is 1. The largest absolute Gasteiger partial charge is 0.441 e. The zero-order chi connectivity index (χ0) is 23.0. The number of carbonyl (C=O) groups excluding carboxylic acids is 1. The van der Waals surface area contributed by atoms with Crippen molar-refractivity contribution in [3.05, 3.63) is 58.3 Å². The summed E-state index contributed by atoms with van der Waals surface area (Å²) in [5.74, 6) is 3.26. The van der Waals surface area contributed by atoms with Crippen molar-refractivity contribution in [3.63, 3.8) is 0 Å². The third-order valence-corrected chi connectivity index (χ3v) is 9.56. The van der Waals surface area contributed by atoms with Crippen molar-refractivity contribution in [1.82, 2.24) is 10.3 Å². The average Bonchev–Trinajstić information content (AvgIpc) is 3.32. The second-order valence-electron chi connectivity index (χ2n) is 10.8. The van der Waals surface area contributed by atoms with Gasteiger partial charge in [-0.15, -0.1) is 0 Å². The summed E-state index contributed by atoms with van der Waals surface area (Å²) in [4.78, 5) is 17.5. The highest BCUT2D eigenvalue weighted by atomic mass is 32.2. The highest BCUT2D eigenvalue weighted by Crippen LogP contribution is 2.61. The third-order valence-electron chi connectivity index (χ3n) is 8.40. The Balaban J connectivity index is 1.29. The molecule has 2 aromatic carbocycles. The van der Waals surface area contributed by atoms with Crippen LogP contribution < -0.4 is 5.32 Å². The number of aromatic nitrogens is 1. The molecule has 1 saturated heterocycles. The van der Waals surface area contributed by atoms with Crippen LogP contribution in [0.3, 0.4) is 0 Å². The Labute approximate surface area is 208 Å². The number of fused-ring (bicyclic) bond motifs is 1. The second-order valence-corrected chi connectivity index (χ2v) is 12.5. The summed E-state index contributed by atoms with van der Waals surface area (Å²) >= 11 is 6.41. The number of thiocarbonyl (C=S) groups is 1. The molecule has 4 nitrogen and oxygen atoms in total. The molecule has 4 aliphatic carbocycles. The molecule has 1 aliphatic heterocycles. The van der Waals surface area contributed by atoms with Crippen LogP contribution in [0.4, 0.5) is 0 Å². The van der Waals surface area contributed by atoms with Crippen LogP contribution in [0.15, 0.2) is 45.7 Å². The summed E-state index contributed by atoms with van der Waals surface area (Å²) in [6.45, 7) is 1.95. The summed E-state index contributed by atoms with van der Waals surface area (Å²) in [6.07, 6.45) is 10.1. The maximum atomic E-state index is 12.0. The number of thioether (sulfide) groups is 1. The van der Waals surface area contributed by atoms with E-state index in [0.29, 0.717) is 9.23 Å². The molecule has 1 N–H and O–H groups in total. The van der Waals surface area contributed by atoms with Crippen LogP contribution in [0.2, 0.25) is 0 Å². The smallest absolute Gasteiger partial charge is 0.263 e. The van der Waals surface area contributed by atoms with Crippen molar-refractivity contribution in [2.24, 2.45) is 17.8 Å². The standard InChI is InChI=1S/C28H26N2O2S2/c1-15-29-25-22(28-12-17-6-18(13-28)8-19(7-17)14-28)10-21(11-23(25)32-15)20-4-2-16(3-5-20)9-24-26(31)30-27(33)34-24/h2-5,9-11,17-19H,6-8,12-14H2,1H3,(H,30,31,33)/b24-9+. The Kier molecular flexibility index (Phi) is 4.63. The first-order valence-electron chi connectivity index (χ1n) is 12.2. The predicted octanol–water partition coefficient (Wildman–Crippen LogP) is 6.76. The molecule has 5 aliphatic rings. The fourth-order valence-corrected chi connectivity index (χ4v) is 8.54. The maximum Gasteiger partial charge on any atom is 0.263 e. The van der Waals surface area contributed by atoms with Gasteiger partial charge in [-0.3, -0.25) is 4.79 Å². The van der Waals surface area contributed by atoms with Crippen molar-refractivity contribution in [2.75, 3.05) is 0 Å². The van der Waals surface area contributed by atoms with Gasteiger partial charge in [0.2, 0.25) is 0 Å². The Morgan fingerprint density at radius 1 is 1.06 bits per heavy atom. The van der Waals surface area contributed by atoms with Crippen LogP contribution in [0.25, 0.3) is 28.3 Å². The molecule has 34 heavy (non-hydrogen) atoms. The van der Waals surface area contributed by atoms with E-state index < -0.39 is 0 Å². The molecule has 1 aromatic heterocycles. The average molecular weight is 487 g/mol. The van der Waals surface area contributed by atoms with Crippen molar-refractivity contribution >= 4 is 51.4 Å². The molecule has 3 aromatic rings. The quantitative estimate of drug-likeness (QED) is 0.327. The minimum atomic E-state index is -0.120. The van der Waals surface area contributed by atoms with Crippen LogP contribution in [0.5, 0.6) is 0 Å². The Hall–Kier alpha value is -2.44. The third kappa shape index (κ3) is 3.37. The number of oxazole rings is 1. The summed E-state index contributed by atoms with van der Waals surface area (Å²) in [7, 11) is 0. The number of rotatable bonds is 3. The summed E-state index contributed by atoms with van der Waals surface area (Å²) in [5.41, 5.74) is 6.97. The molecular formula is C28H26N2O2S2. The van der Waals surface area contributed by atoms with E-state index in [0.717, 1.165) is 45.9 Å². The first-order chi connectivity index (χ1) is 16.4. The molecular weight excluding hydrogens is 460 g/mol. The van der Waals surface area contributed by atoms with Gasteiger partial charge in [-0.25, -0.2) is 4.98 Å². The lowest BCUT2D eigenvalue weighted by atomic mass is 9.48. The van der Waals surface area contributed by atoms with E-state index in [1.807, 2.05) is 13.0 Å². The monoisotopic (exact) mass is 486 g/mol. The van der Waals surface area contributed by atoms with Crippen LogP contribution in [-0.2, 0) is 10.2 Å². The lowest BCUT2D eigenvalue weighted by molar-refractivity contribution is -0.115.